The van der Waals surface area contributed by atoms with E-state index in [-0.39, 0.29) is 6.10 Å². The van der Waals surface area contributed by atoms with E-state index < -0.39 is 6.10 Å². The molecular formula is C12H12ClNO2. The molecule has 1 N–H and O–H groups in total. The highest BCUT2D eigenvalue weighted by molar-refractivity contribution is 6.32. The highest BCUT2D eigenvalue weighted by Crippen LogP contribution is 2.30. The van der Waals surface area contributed by atoms with Crippen LogP contribution in [0.25, 0.3) is 0 Å². The average molecular weight is 238 g/mol. The molecule has 1 aromatic carbocycles. The standard InChI is InChI=1S/C12H12ClNO2/c13-9-6-8(7-14)4-5-11(9)16-12-3-1-2-10(12)15/h4-6,10,12,15H,1-3H2. The van der Waals surface area contributed by atoms with Crippen LogP contribution >= 0.6 is 11.6 Å². The molecule has 0 aromatic heterocycles. The number of hydrogen-bond donors (Lipinski definition) is 1. The molecule has 1 aliphatic carbocycles. The zero-order valence-corrected chi connectivity index (χ0v) is 9.44. The van der Waals surface area contributed by atoms with Gasteiger partial charge in [0.1, 0.15) is 11.9 Å². The van der Waals surface area contributed by atoms with Crippen molar-refractivity contribution in [3.63, 3.8) is 0 Å². The molecule has 1 aromatic rings. The summed E-state index contributed by atoms with van der Waals surface area (Å²) < 4.78 is 5.63. The Morgan fingerprint density at radius 2 is 2.25 bits per heavy atom. The summed E-state index contributed by atoms with van der Waals surface area (Å²) in [6.07, 6.45) is 2.01. The van der Waals surface area contributed by atoms with E-state index in [1.54, 1.807) is 18.2 Å². The van der Waals surface area contributed by atoms with Crippen LogP contribution in [0, 0.1) is 11.3 Å². The Hall–Kier alpha value is -1.24. The molecule has 0 heterocycles. The molecular weight excluding hydrogens is 226 g/mol. The number of benzene rings is 1. The van der Waals surface area contributed by atoms with Crippen molar-refractivity contribution in [2.24, 2.45) is 0 Å². The van der Waals surface area contributed by atoms with Crippen molar-refractivity contribution in [1.82, 2.24) is 0 Å². The molecule has 84 valence electrons. The topological polar surface area (TPSA) is 53.2 Å². The third-order valence-corrected chi connectivity index (χ3v) is 3.05. The molecule has 0 radical (unpaired) electrons. The van der Waals surface area contributed by atoms with E-state index in [0.29, 0.717) is 16.3 Å². The summed E-state index contributed by atoms with van der Waals surface area (Å²) in [5, 5.41) is 18.7. The van der Waals surface area contributed by atoms with Crippen LogP contribution in [0.4, 0.5) is 0 Å². The fourth-order valence-electron chi connectivity index (χ4n) is 1.87. The van der Waals surface area contributed by atoms with E-state index in [1.807, 2.05) is 6.07 Å². The van der Waals surface area contributed by atoms with Gasteiger partial charge in [-0.15, -0.1) is 0 Å². The van der Waals surface area contributed by atoms with Crippen molar-refractivity contribution in [2.75, 3.05) is 0 Å². The number of aliphatic hydroxyl groups is 1. The fourth-order valence-corrected chi connectivity index (χ4v) is 2.10. The van der Waals surface area contributed by atoms with Crippen molar-refractivity contribution in [2.45, 2.75) is 31.5 Å². The zero-order chi connectivity index (χ0) is 11.5. The predicted octanol–water partition coefficient (Wildman–Crippen LogP) is 2.50. The van der Waals surface area contributed by atoms with Crippen LogP contribution < -0.4 is 4.74 Å². The first-order valence-corrected chi connectivity index (χ1v) is 5.63. The van der Waals surface area contributed by atoms with Crippen LogP contribution in [-0.4, -0.2) is 17.3 Å². The zero-order valence-electron chi connectivity index (χ0n) is 8.69. The molecule has 3 nitrogen and oxygen atoms in total. The summed E-state index contributed by atoms with van der Waals surface area (Å²) in [6, 6.07) is 6.90. The Morgan fingerprint density at radius 3 is 2.81 bits per heavy atom. The Labute approximate surface area is 99.2 Å². The maximum Gasteiger partial charge on any atom is 0.138 e. The van der Waals surface area contributed by atoms with E-state index in [4.69, 9.17) is 21.6 Å². The summed E-state index contributed by atoms with van der Waals surface area (Å²) >= 11 is 5.98. The van der Waals surface area contributed by atoms with Crippen LogP contribution in [0.2, 0.25) is 5.02 Å². The van der Waals surface area contributed by atoms with Crippen molar-refractivity contribution in [3.8, 4) is 11.8 Å². The Kier molecular flexibility index (Phi) is 3.33. The van der Waals surface area contributed by atoms with Crippen LogP contribution in [-0.2, 0) is 0 Å². The average Bonchev–Trinajstić information content (AvgIpc) is 2.67. The molecule has 2 rings (SSSR count). The van der Waals surface area contributed by atoms with Crippen molar-refractivity contribution < 1.29 is 9.84 Å². The van der Waals surface area contributed by atoms with Gasteiger partial charge in [-0.05, 0) is 37.5 Å². The molecule has 0 saturated heterocycles. The molecule has 0 amide bonds. The molecule has 1 fully saturated rings. The molecule has 0 aliphatic heterocycles. The van der Waals surface area contributed by atoms with Gasteiger partial charge in [-0.25, -0.2) is 0 Å². The molecule has 2 atom stereocenters. The molecule has 0 bridgehead atoms. The molecule has 1 saturated carbocycles. The van der Waals surface area contributed by atoms with E-state index in [1.165, 1.54) is 0 Å². The van der Waals surface area contributed by atoms with Crippen molar-refractivity contribution in [3.05, 3.63) is 28.8 Å². The lowest BCUT2D eigenvalue weighted by atomic mass is 10.2. The monoisotopic (exact) mass is 237 g/mol. The van der Waals surface area contributed by atoms with E-state index in [2.05, 4.69) is 0 Å². The van der Waals surface area contributed by atoms with Gasteiger partial charge in [0.05, 0.1) is 22.8 Å². The van der Waals surface area contributed by atoms with Gasteiger partial charge in [0.15, 0.2) is 0 Å². The van der Waals surface area contributed by atoms with E-state index in [9.17, 15) is 5.11 Å². The molecule has 16 heavy (non-hydrogen) atoms. The number of hydrogen-bond acceptors (Lipinski definition) is 3. The first-order chi connectivity index (χ1) is 7.70. The lowest BCUT2D eigenvalue weighted by molar-refractivity contribution is 0.0605. The number of aliphatic hydroxyl groups excluding tert-OH is 1. The van der Waals surface area contributed by atoms with Gasteiger partial charge < -0.3 is 9.84 Å². The lowest BCUT2D eigenvalue weighted by Gasteiger charge is -2.17. The first kappa shape index (κ1) is 11.3. The van der Waals surface area contributed by atoms with Gasteiger partial charge >= 0.3 is 0 Å². The minimum Gasteiger partial charge on any atom is -0.486 e. The first-order valence-electron chi connectivity index (χ1n) is 5.25. The van der Waals surface area contributed by atoms with Crippen LogP contribution in [0.5, 0.6) is 5.75 Å². The number of nitrogens with zero attached hydrogens (tertiary/aromatic N) is 1. The van der Waals surface area contributed by atoms with Crippen LogP contribution in [0.15, 0.2) is 18.2 Å². The highest BCUT2D eigenvalue weighted by atomic mass is 35.5. The second-order valence-corrected chi connectivity index (χ2v) is 4.32. The van der Waals surface area contributed by atoms with Gasteiger partial charge in [-0.2, -0.15) is 5.26 Å². The lowest BCUT2D eigenvalue weighted by Crippen LogP contribution is -2.25. The van der Waals surface area contributed by atoms with Gasteiger partial charge in [-0.3, -0.25) is 0 Å². The minimum absolute atomic E-state index is 0.176. The van der Waals surface area contributed by atoms with Gasteiger partial charge in [-0.1, -0.05) is 11.6 Å². The Morgan fingerprint density at radius 1 is 1.44 bits per heavy atom. The number of ether oxygens (including phenoxy) is 1. The summed E-state index contributed by atoms with van der Waals surface area (Å²) in [7, 11) is 0. The smallest absolute Gasteiger partial charge is 0.138 e. The summed E-state index contributed by atoms with van der Waals surface area (Å²) in [4.78, 5) is 0. The Bertz CT molecular complexity index is 428. The van der Waals surface area contributed by atoms with E-state index >= 15 is 0 Å². The van der Waals surface area contributed by atoms with E-state index in [0.717, 1.165) is 19.3 Å². The number of rotatable bonds is 2. The van der Waals surface area contributed by atoms with Crippen LogP contribution in [0.3, 0.4) is 0 Å². The summed E-state index contributed by atoms with van der Waals surface area (Å²) in [5.41, 5.74) is 0.504. The van der Waals surface area contributed by atoms with Crippen LogP contribution in [0.1, 0.15) is 24.8 Å². The fraction of sp³-hybridized carbons (Fsp3) is 0.417. The largest absolute Gasteiger partial charge is 0.486 e. The number of nitriles is 1. The SMILES string of the molecule is N#Cc1ccc(OC2CCCC2O)c(Cl)c1. The molecule has 1 aliphatic rings. The van der Waals surface area contributed by atoms with Gasteiger partial charge in [0.25, 0.3) is 0 Å². The van der Waals surface area contributed by atoms with Crippen molar-refractivity contribution in [1.29, 1.82) is 5.26 Å². The Balaban J connectivity index is 2.13. The predicted molar refractivity (Wildman–Crippen MR) is 60.4 cm³/mol. The van der Waals surface area contributed by atoms with Gasteiger partial charge in [0, 0.05) is 0 Å². The van der Waals surface area contributed by atoms with Crippen molar-refractivity contribution >= 4 is 11.6 Å². The normalized spacial score (nSPS) is 24.1. The quantitative estimate of drug-likeness (QED) is 0.860. The molecule has 4 heteroatoms. The summed E-state index contributed by atoms with van der Waals surface area (Å²) in [6.45, 7) is 0. The maximum atomic E-state index is 9.62. The second kappa shape index (κ2) is 4.73. The molecule has 0 spiro atoms. The maximum absolute atomic E-state index is 9.62. The third kappa shape index (κ3) is 2.29. The summed E-state index contributed by atoms with van der Waals surface area (Å²) in [5.74, 6) is 0.534. The molecule has 2 unspecified atom stereocenters. The number of halogens is 1. The second-order valence-electron chi connectivity index (χ2n) is 3.91. The minimum atomic E-state index is -0.410. The van der Waals surface area contributed by atoms with Gasteiger partial charge in [0.2, 0.25) is 0 Å². The highest BCUT2D eigenvalue weighted by Gasteiger charge is 2.27. The third-order valence-electron chi connectivity index (χ3n) is 2.76.